The second-order valence-electron chi connectivity index (χ2n) is 5.74. The molecule has 1 unspecified atom stereocenters. The van der Waals surface area contributed by atoms with E-state index in [0.717, 1.165) is 17.7 Å². The topological polar surface area (TPSA) is 29.1 Å². The zero-order valence-electron chi connectivity index (χ0n) is 12.2. The molecule has 0 saturated carbocycles. The number of amides is 1. The normalized spacial score (nSPS) is 14.7. The number of hydrogen-bond donors (Lipinski definition) is 1. The summed E-state index contributed by atoms with van der Waals surface area (Å²) < 4.78 is 0. The third-order valence-corrected chi connectivity index (χ3v) is 4.87. The summed E-state index contributed by atoms with van der Waals surface area (Å²) in [7, 11) is 0. The summed E-state index contributed by atoms with van der Waals surface area (Å²) in [4.78, 5) is 11.7. The van der Waals surface area contributed by atoms with Gasteiger partial charge in [0.25, 0.3) is 0 Å². The molecule has 1 N–H and O–H groups in total. The molecule has 0 aromatic heterocycles. The Morgan fingerprint density at radius 3 is 2.81 bits per heavy atom. The number of anilines is 1. The number of carbonyl (C=O) groups is 1. The lowest BCUT2D eigenvalue weighted by Crippen LogP contribution is -2.03. The molecule has 0 radical (unpaired) electrons. The largest absolute Gasteiger partial charge is 0.326 e. The average molecular weight is 344 g/mol. The quantitative estimate of drug-likeness (QED) is 0.818. The predicted molar refractivity (Wildman–Crippen MR) is 90.1 cm³/mol. The van der Waals surface area contributed by atoms with Crippen LogP contribution in [0.5, 0.6) is 0 Å². The maximum atomic E-state index is 11.4. The maximum Gasteiger partial charge on any atom is 0.228 e. The molecule has 1 aliphatic heterocycles. The molecule has 3 rings (SSSR count). The number of nitrogens with one attached hydrogen (secondary N) is 1. The molecule has 0 spiro atoms. The number of fused-ring (bicyclic) bond motifs is 1. The van der Waals surface area contributed by atoms with E-state index in [9.17, 15) is 4.79 Å². The number of carbonyl (C=O) groups excluding carboxylic acids is 1. The van der Waals surface area contributed by atoms with Crippen LogP contribution in [0, 0.1) is 13.8 Å². The molecule has 21 heavy (non-hydrogen) atoms. The minimum Gasteiger partial charge on any atom is -0.326 e. The molecule has 108 valence electrons. The van der Waals surface area contributed by atoms with Crippen LogP contribution >= 0.6 is 15.9 Å². The maximum absolute atomic E-state index is 11.4. The lowest BCUT2D eigenvalue weighted by molar-refractivity contribution is -0.115. The van der Waals surface area contributed by atoms with E-state index in [1.807, 2.05) is 6.07 Å². The third kappa shape index (κ3) is 3.03. The molecule has 0 aliphatic carbocycles. The van der Waals surface area contributed by atoms with E-state index in [-0.39, 0.29) is 10.7 Å². The van der Waals surface area contributed by atoms with Gasteiger partial charge in [0.1, 0.15) is 0 Å². The first-order chi connectivity index (χ1) is 10.0. The number of alkyl halides is 1. The molecule has 0 fully saturated rings. The van der Waals surface area contributed by atoms with Crippen LogP contribution in [0.2, 0.25) is 0 Å². The summed E-state index contributed by atoms with van der Waals surface area (Å²) >= 11 is 3.80. The first kappa shape index (κ1) is 14.3. The Morgan fingerprint density at radius 1 is 1.19 bits per heavy atom. The monoisotopic (exact) mass is 343 g/mol. The molecular formula is C18H18BrNO. The van der Waals surface area contributed by atoms with E-state index in [1.54, 1.807) is 0 Å². The van der Waals surface area contributed by atoms with Crippen LogP contribution in [0.25, 0.3) is 0 Å². The van der Waals surface area contributed by atoms with Crippen molar-refractivity contribution >= 4 is 27.5 Å². The van der Waals surface area contributed by atoms with Gasteiger partial charge in [0.2, 0.25) is 5.91 Å². The molecule has 2 nitrogen and oxygen atoms in total. The van der Waals surface area contributed by atoms with E-state index in [1.165, 1.54) is 22.3 Å². The lowest BCUT2D eigenvalue weighted by atomic mass is 9.97. The molecular weight excluding hydrogens is 326 g/mol. The minimum absolute atomic E-state index is 0.0859. The Labute approximate surface area is 133 Å². The number of rotatable bonds is 3. The van der Waals surface area contributed by atoms with E-state index in [2.05, 4.69) is 65.4 Å². The van der Waals surface area contributed by atoms with Gasteiger partial charge in [-0.3, -0.25) is 4.79 Å². The van der Waals surface area contributed by atoms with Gasteiger partial charge in [0, 0.05) is 10.5 Å². The highest BCUT2D eigenvalue weighted by atomic mass is 79.9. The molecule has 1 aliphatic rings. The van der Waals surface area contributed by atoms with Crippen molar-refractivity contribution in [2.24, 2.45) is 0 Å². The van der Waals surface area contributed by atoms with Gasteiger partial charge in [0.15, 0.2) is 0 Å². The zero-order chi connectivity index (χ0) is 15.0. The van der Waals surface area contributed by atoms with Crippen LogP contribution in [0.3, 0.4) is 0 Å². The summed E-state index contributed by atoms with van der Waals surface area (Å²) in [6, 6.07) is 12.8. The molecule has 3 heteroatoms. The Hall–Kier alpha value is -1.61. The van der Waals surface area contributed by atoms with Gasteiger partial charge in [-0.1, -0.05) is 51.8 Å². The summed E-state index contributed by atoms with van der Waals surface area (Å²) in [6.45, 7) is 4.28. The van der Waals surface area contributed by atoms with Crippen molar-refractivity contribution in [3.8, 4) is 0 Å². The fourth-order valence-electron chi connectivity index (χ4n) is 2.78. The van der Waals surface area contributed by atoms with E-state index >= 15 is 0 Å². The van der Waals surface area contributed by atoms with Crippen LogP contribution in [0.15, 0.2) is 36.4 Å². The smallest absolute Gasteiger partial charge is 0.228 e. The van der Waals surface area contributed by atoms with Crippen LogP contribution in [-0.4, -0.2) is 5.91 Å². The van der Waals surface area contributed by atoms with Gasteiger partial charge in [-0.2, -0.15) is 0 Å². The lowest BCUT2D eigenvalue weighted by Gasteiger charge is -2.14. The second kappa shape index (κ2) is 5.64. The van der Waals surface area contributed by atoms with Crippen molar-refractivity contribution in [1.29, 1.82) is 0 Å². The van der Waals surface area contributed by atoms with E-state index < -0.39 is 0 Å². The molecule has 0 bridgehead atoms. The van der Waals surface area contributed by atoms with Crippen LogP contribution in [0.4, 0.5) is 5.69 Å². The number of halogens is 1. The van der Waals surface area contributed by atoms with E-state index in [0.29, 0.717) is 6.42 Å². The Balaban J connectivity index is 1.83. The van der Waals surface area contributed by atoms with Crippen LogP contribution < -0.4 is 5.32 Å². The Kier molecular flexibility index (Phi) is 3.85. The van der Waals surface area contributed by atoms with Gasteiger partial charge in [-0.05, 0) is 48.6 Å². The van der Waals surface area contributed by atoms with Gasteiger partial charge < -0.3 is 5.32 Å². The molecule has 2 aromatic carbocycles. The first-order valence-electron chi connectivity index (χ1n) is 7.16. The van der Waals surface area contributed by atoms with Crippen molar-refractivity contribution in [2.75, 3.05) is 5.32 Å². The number of benzene rings is 2. The van der Waals surface area contributed by atoms with Crippen LogP contribution in [0.1, 0.15) is 32.6 Å². The van der Waals surface area contributed by atoms with Crippen molar-refractivity contribution in [2.45, 2.75) is 31.5 Å². The molecule has 0 saturated heterocycles. The van der Waals surface area contributed by atoms with Gasteiger partial charge in [-0.15, -0.1) is 0 Å². The van der Waals surface area contributed by atoms with Crippen molar-refractivity contribution in [3.05, 3.63) is 64.2 Å². The fourth-order valence-corrected chi connectivity index (χ4v) is 3.41. The van der Waals surface area contributed by atoms with Crippen molar-refractivity contribution in [3.63, 3.8) is 0 Å². The molecule has 1 heterocycles. The summed E-state index contributed by atoms with van der Waals surface area (Å²) in [5, 5.41) is 2.88. The fraction of sp³-hybridized carbons (Fsp3) is 0.278. The Morgan fingerprint density at radius 2 is 2.00 bits per heavy atom. The Bertz CT molecular complexity index is 708. The van der Waals surface area contributed by atoms with Crippen LogP contribution in [-0.2, 0) is 17.6 Å². The number of aryl methyl sites for hydroxylation is 2. The third-order valence-electron chi connectivity index (χ3n) is 4.02. The van der Waals surface area contributed by atoms with Gasteiger partial charge in [0.05, 0.1) is 6.42 Å². The van der Waals surface area contributed by atoms with Crippen molar-refractivity contribution < 1.29 is 4.79 Å². The second-order valence-corrected chi connectivity index (χ2v) is 6.85. The highest BCUT2D eigenvalue weighted by molar-refractivity contribution is 9.09. The summed E-state index contributed by atoms with van der Waals surface area (Å²) in [5.41, 5.74) is 7.26. The zero-order valence-corrected chi connectivity index (χ0v) is 13.8. The average Bonchev–Trinajstić information content (AvgIpc) is 2.81. The van der Waals surface area contributed by atoms with E-state index in [4.69, 9.17) is 0 Å². The summed E-state index contributed by atoms with van der Waals surface area (Å²) in [5.74, 6) is 0.0859. The SMILES string of the molecule is Cc1ccc(C)c(CC(Br)c2ccc3c(c2)CC(=O)N3)c1. The minimum atomic E-state index is 0.0859. The highest BCUT2D eigenvalue weighted by Crippen LogP contribution is 2.32. The molecule has 1 atom stereocenters. The molecule has 2 aromatic rings. The molecule has 1 amide bonds. The number of hydrogen-bond acceptors (Lipinski definition) is 1. The van der Waals surface area contributed by atoms with Gasteiger partial charge in [-0.25, -0.2) is 0 Å². The highest BCUT2D eigenvalue weighted by Gasteiger charge is 2.19. The standard InChI is InChI=1S/C18H18BrNO/c1-11-3-4-12(2)14(7-11)9-16(19)13-5-6-17-15(8-13)10-18(21)20-17/h3-8,16H,9-10H2,1-2H3,(H,20,21). The van der Waals surface area contributed by atoms with Gasteiger partial charge >= 0.3 is 0 Å². The van der Waals surface area contributed by atoms with Crippen molar-refractivity contribution in [1.82, 2.24) is 0 Å². The predicted octanol–water partition coefficient (Wildman–Crippen LogP) is 4.48. The summed E-state index contributed by atoms with van der Waals surface area (Å²) in [6.07, 6.45) is 1.44. The first-order valence-corrected chi connectivity index (χ1v) is 8.07.